The van der Waals surface area contributed by atoms with E-state index in [1.54, 1.807) is 4.90 Å². The molecule has 1 N–H and O–H groups in total. The predicted molar refractivity (Wildman–Crippen MR) is 111 cm³/mol. The van der Waals surface area contributed by atoms with Crippen LogP contribution < -0.4 is 4.90 Å². The summed E-state index contributed by atoms with van der Waals surface area (Å²) in [5.41, 5.74) is 2.58. The van der Waals surface area contributed by atoms with E-state index in [1.165, 1.54) is 0 Å². The van der Waals surface area contributed by atoms with Gasteiger partial charge in [0.1, 0.15) is 13.2 Å². The number of hydrogen-bond donors (Lipinski definition) is 1. The normalized spacial score (nSPS) is 17.3. The number of anilines is 1. The van der Waals surface area contributed by atoms with Crippen LogP contribution in [0.15, 0.2) is 16.8 Å². The van der Waals surface area contributed by atoms with Gasteiger partial charge >= 0.3 is 5.97 Å². The summed E-state index contributed by atoms with van der Waals surface area (Å²) in [6, 6.07) is 1.89. The summed E-state index contributed by atoms with van der Waals surface area (Å²) in [5, 5.41) is 12.6. The van der Waals surface area contributed by atoms with Gasteiger partial charge in [0, 0.05) is 44.4 Å². The van der Waals surface area contributed by atoms with Crippen LogP contribution in [0.4, 0.5) is 5.95 Å². The summed E-state index contributed by atoms with van der Waals surface area (Å²) < 4.78 is 10.4. The first-order valence-corrected chi connectivity index (χ1v) is 10.6. The van der Waals surface area contributed by atoms with E-state index in [4.69, 9.17) is 19.4 Å². The Morgan fingerprint density at radius 2 is 1.94 bits per heavy atom. The van der Waals surface area contributed by atoms with Gasteiger partial charge in [-0.15, -0.1) is 0 Å². The zero-order chi connectivity index (χ0) is 21.8. The summed E-state index contributed by atoms with van der Waals surface area (Å²) >= 11 is 0. The van der Waals surface area contributed by atoms with Crippen molar-refractivity contribution in [3.63, 3.8) is 0 Å². The van der Waals surface area contributed by atoms with Gasteiger partial charge in [0.2, 0.25) is 11.9 Å². The maximum Gasteiger partial charge on any atom is 0.329 e. The average Bonchev–Trinajstić information content (AvgIpc) is 3.45. The Balaban J connectivity index is 1.49. The van der Waals surface area contributed by atoms with Crippen LogP contribution in [0.5, 0.6) is 0 Å². The number of nitrogens with zero attached hydrogens (tertiary/aromatic N) is 5. The zero-order valence-electron chi connectivity index (χ0n) is 17.6. The van der Waals surface area contributed by atoms with Gasteiger partial charge in [0.05, 0.1) is 17.0 Å². The van der Waals surface area contributed by atoms with Crippen molar-refractivity contribution in [2.24, 2.45) is 0 Å². The summed E-state index contributed by atoms with van der Waals surface area (Å²) in [4.78, 5) is 36.3. The van der Waals surface area contributed by atoms with Crippen molar-refractivity contribution in [1.82, 2.24) is 20.0 Å². The summed E-state index contributed by atoms with van der Waals surface area (Å²) in [7, 11) is 0. The number of carboxylic acids is 1. The average molecular weight is 429 g/mol. The Morgan fingerprint density at radius 3 is 2.58 bits per heavy atom. The highest BCUT2D eigenvalue weighted by atomic mass is 16.5. The first-order valence-electron chi connectivity index (χ1n) is 10.6. The highest BCUT2D eigenvalue weighted by Crippen LogP contribution is 2.35. The second kappa shape index (κ2) is 9.42. The van der Waals surface area contributed by atoms with Crippen LogP contribution in [0.25, 0.3) is 11.3 Å². The third-order valence-electron chi connectivity index (χ3n) is 5.77. The highest BCUT2D eigenvalue weighted by molar-refractivity contribution is 5.78. The number of aromatic nitrogens is 3. The third-order valence-corrected chi connectivity index (χ3v) is 5.77. The van der Waals surface area contributed by atoms with Gasteiger partial charge < -0.3 is 24.2 Å². The van der Waals surface area contributed by atoms with Gasteiger partial charge in [-0.3, -0.25) is 4.79 Å². The quantitative estimate of drug-likeness (QED) is 0.702. The molecule has 10 heteroatoms. The van der Waals surface area contributed by atoms with Crippen molar-refractivity contribution in [3.8, 4) is 11.3 Å². The molecule has 0 saturated carbocycles. The number of aliphatic carboxylic acids is 1. The molecule has 0 atom stereocenters. The molecule has 0 unspecified atom stereocenters. The minimum absolute atomic E-state index is 0.161. The van der Waals surface area contributed by atoms with Crippen molar-refractivity contribution in [2.45, 2.75) is 38.5 Å². The maximum absolute atomic E-state index is 12.3. The monoisotopic (exact) mass is 429 g/mol. The Labute approximate surface area is 180 Å². The van der Waals surface area contributed by atoms with E-state index in [9.17, 15) is 9.59 Å². The van der Waals surface area contributed by atoms with Crippen LogP contribution in [0.1, 0.15) is 43.0 Å². The number of carbonyl (C=O) groups is 2. The van der Waals surface area contributed by atoms with Gasteiger partial charge in [-0.05, 0) is 32.6 Å². The van der Waals surface area contributed by atoms with Crippen molar-refractivity contribution in [3.05, 3.63) is 23.7 Å². The second-order valence-electron chi connectivity index (χ2n) is 8.04. The molecule has 2 aliphatic heterocycles. The first-order chi connectivity index (χ1) is 15.0. The molecule has 4 rings (SSSR count). The maximum atomic E-state index is 12.3. The Kier molecular flexibility index (Phi) is 6.45. The molecule has 31 heavy (non-hydrogen) atoms. The lowest BCUT2D eigenvalue weighted by molar-refractivity contribution is -0.146. The molecule has 1 amide bonds. The van der Waals surface area contributed by atoms with E-state index in [2.05, 4.69) is 15.0 Å². The molecule has 4 heterocycles. The number of ether oxygens (including phenoxy) is 1. The van der Waals surface area contributed by atoms with Crippen molar-refractivity contribution < 1.29 is 24.0 Å². The van der Waals surface area contributed by atoms with Crippen LogP contribution in [-0.4, -0.2) is 76.4 Å². The molecular weight excluding hydrogens is 402 g/mol. The van der Waals surface area contributed by atoms with E-state index in [-0.39, 0.29) is 18.4 Å². The lowest BCUT2D eigenvalue weighted by Crippen LogP contribution is -2.40. The molecule has 0 bridgehead atoms. The fraction of sp³-hybridized carbons (Fsp3) is 0.571. The second-order valence-corrected chi connectivity index (χ2v) is 8.04. The third kappa shape index (κ3) is 5.01. The SMILES string of the molecule is Cc1cc(-c2cnc(N3CCCC3)nc2C2CCN(C(=O)COCC(=O)O)CC2)on1. The highest BCUT2D eigenvalue weighted by Gasteiger charge is 2.29. The zero-order valence-corrected chi connectivity index (χ0v) is 17.6. The van der Waals surface area contributed by atoms with Gasteiger partial charge in [-0.2, -0.15) is 0 Å². The number of carboxylic acid groups (broad SMARTS) is 1. The number of piperidine rings is 1. The van der Waals surface area contributed by atoms with Crippen molar-refractivity contribution in [2.75, 3.05) is 44.3 Å². The topological polar surface area (TPSA) is 122 Å². The summed E-state index contributed by atoms with van der Waals surface area (Å²) in [5.74, 6) is 0.286. The van der Waals surface area contributed by atoms with Crippen molar-refractivity contribution >= 4 is 17.8 Å². The number of hydrogen-bond acceptors (Lipinski definition) is 8. The molecule has 166 valence electrons. The molecule has 2 aliphatic rings. The van der Waals surface area contributed by atoms with Crippen LogP contribution in [-0.2, 0) is 14.3 Å². The lowest BCUT2D eigenvalue weighted by atomic mass is 9.90. The van der Waals surface area contributed by atoms with Crippen molar-refractivity contribution in [1.29, 1.82) is 0 Å². The van der Waals surface area contributed by atoms with Gasteiger partial charge in [-0.1, -0.05) is 5.16 Å². The molecule has 2 fully saturated rings. The number of amides is 1. The Morgan fingerprint density at radius 1 is 1.19 bits per heavy atom. The minimum Gasteiger partial charge on any atom is -0.480 e. The van der Waals surface area contributed by atoms with Crippen LogP contribution >= 0.6 is 0 Å². The van der Waals surface area contributed by atoms with Gasteiger partial charge in [-0.25, -0.2) is 14.8 Å². The summed E-state index contributed by atoms with van der Waals surface area (Å²) in [6.45, 7) is 4.25. The molecule has 10 nitrogen and oxygen atoms in total. The van der Waals surface area contributed by atoms with E-state index in [0.717, 1.165) is 61.7 Å². The molecule has 0 radical (unpaired) electrons. The molecule has 0 aliphatic carbocycles. The number of likely N-dealkylation sites (tertiary alicyclic amines) is 1. The fourth-order valence-electron chi connectivity index (χ4n) is 4.17. The minimum atomic E-state index is -1.08. The van der Waals surface area contributed by atoms with Crippen LogP contribution in [0, 0.1) is 6.92 Å². The predicted octanol–water partition coefficient (Wildman–Crippen LogP) is 1.85. The first kappa shape index (κ1) is 21.2. The molecular formula is C21H27N5O5. The number of carbonyl (C=O) groups excluding carboxylic acids is 1. The largest absolute Gasteiger partial charge is 0.480 e. The molecule has 2 aromatic heterocycles. The molecule has 2 aromatic rings. The van der Waals surface area contributed by atoms with Gasteiger partial charge in [0.25, 0.3) is 0 Å². The standard InChI is InChI=1S/C21H27N5O5/c1-14-10-17(31-24-14)16-11-22-21(26-6-2-3-7-26)23-20(16)15-4-8-25(9-5-15)18(27)12-30-13-19(28)29/h10-11,15H,2-9,12-13H2,1H3,(H,28,29). The van der Waals surface area contributed by atoms with Crippen LogP contribution in [0.3, 0.4) is 0 Å². The number of aryl methyl sites for hydroxylation is 1. The van der Waals surface area contributed by atoms with E-state index >= 15 is 0 Å². The van der Waals surface area contributed by atoms with Gasteiger partial charge in [0.15, 0.2) is 5.76 Å². The molecule has 2 saturated heterocycles. The fourth-order valence-corrected chi connectivity index (χ4v) is 4.17. The Bertz CT molecular complexity index is 932. The van der Waals surface area contributed by atoms with E-state index in [1.807, 2.05) is 19.2 Å². The lowest BCUT2D eigenvalue weighted by Gasteiger charge is -2.32. The summed E-state index contributed by atoms with van der Waals surface area (Å²) in [6.07, 6.45) is 5.62. The molecule has 0 aromatic carbocycles. The molecule has 0 spiro atoms. The van der Waals surface area contributed by atoms with E-state index in [0.29, 0.717) is 18.8 Å². The Hall–Kier alpha value is -3.01. The smallest absolute Gasteiger partial charge is 0.329 e. The number of rotatable bonds is 7. The van der Waals surface area contributed by atoms with Crippen LogP contribution in [0.2, 0.25) is 0 Å². The van der Waals surface area contributed by atoms with E-state index < -0.39 is 12.6 Å².